The molecule has 1 aromatic carbocycles. The van der Waals surface area contributed by atoms with E-state index in [0.717, 1.165) is 33.9 Å². The van der Waals surface area contributed by atoms with Crippen molar-refractivity contribution in [1.29, 1.82) is 0 Å². The Morgan fingerprint density at radius 3 is 2.46 bits per heavy atom. The molecule has 0 spiro atoms. The summed E-state index contributed by atoms with van der Waals surface area (Å²) in [5.41, 5.74) is 5.94. The first-order valence-electron chi connectivity index (χ1n) is 8.77. The molecule has 0 aliphatic carbocycles. The zero-order valence-electron chi connectivity index (χ0n) is 15.9. The van der Waals surface area contributed by atoms with Gasteiger partial charge in [0.2, 0.25) is 5.91 Å². The summed E-state index contributed by atoms with van der Waals surface area (Å²) in [5.74, 6) is -0.0143. The van der Waals surface area contributed by atoms with Gasteiger partial charge in [0.1, 0.15) is 0 Å². The fraction of sp³-hybridized carbons (Fsp3) is 0.350. The van der Waals surface area contributed by atoms with Crippen LogP contribution in [0.4, 0.5) is 0 Å². The van der Waals surface area contributed by atoms with Gasteiger partial charge >= 0.3 is 0 Å². The molecule has 6 nitrogen and oxygen atoms in total. The van der Waals surface area contributed by atoms with Gasteiger partial charge in [-0.05, 0) is 39.8 Å². The van der Waals surface area contributed by atoms with E-state index in [9.17, 15) is 4.79 Å². The van der Waals surface area contributed by atoms with E-state index in [0.29, 0.717) is 6.42 Å². The molecule has 0 fully saturated rings. The first kappa shape index (κ1) is 17.9. The van der Waals surface area contributed by atoms with Crippen molar-refractivity contribution in [3.8, 4) is 5.69 Å². The highest BCUT2D eigenvalue weighted by Gasteiger charge is 2.19. The van der Waals surface area contributed by atoms with Gasteiger partial charge in [-0.3, -0.25) is 9.48 Å². The molecule has 2 aromatic heterocycles. The van der Waals surface area contributed by atoms with Gasteiger partial charge < -0.3 is 5.32 Å². The molecule has 136 valence electrons. The number of nitrogens with one attached hydrogen (secondary N) is 1. The largest absolute Gasteiger partial charge is 0.349 e. The van der Waals surface area contributed by atoms with Crippen LogP contribution in [0.1, 0.15) is 41.2 Å². The van der Waals surface area contributed by atoms with Crippen LogP contribution in [0.3, 0.4) is 0 Å². The van der Waals surface area contributed by atoms with E-state index >= 15 is 0 Å². The SMILES string of the molecule is Cc1nn(-c2ccccc2)c(C)c1CC(=O)N[C@@H](C)c1cnn(C)c1C. The average Bonchev–Trinajstić information content (AvgIpc) is 3.09. The highest BCUT2D eigenvalue weighted by molar-refractivity contribution is 5.79. The summed E-state index contributed by atoms with van der Waals surface area (Å²) >= 11 is 0. The van der Waals surface area contributed by atoms with Crippen LogP contribution in [0.15, 0.2) is 36.5 Å². The first-order valence-corrected chi connectivity index (χ1v) is 8.77. The van der Waals surface area contributed by atoms with Crippen LogP contribution in [-0.2, 0) is 18.3 Å². The minimum atomic E-state index is -0.0824. The maximum Gasteiger partial charge on any atom is 0.225 e. The second-order valence-corrected chi connectivity index (χ2v) is 6.67. The lowest BCUT2D eigenvalue weighted by Gasteiger charge is -2.14. The van der Waals surface area contributed by atoms with E-state index in [1.165, 1.54) is 0 Å². The van der Waals surface area contributed by atoms with Crippen LogP contribution in [0.25, 0.3) is 5.69 Å². The second kappa shape index (κ2) is 7.15. The maximum absolute atomic E-state index is 12.6. The standard InChI is InChI=1S/C20H25N5O/c1-13(19-12-21-24(5)15(19)3)22-20(26)11-18-14(2)23-25(16(18)4)17-9-7-6-8-10-17/h6-10,12-13H,11H2,1-5H3,(H,22,26)/t13-/m0/s1. The first-order chi connectivity index (χ1) is 12.4. The van der Waals surface area contributed by atoms with Crippen molar-refractivity contribution in [2.75, 3.05) is 0 Å². The molecule has 1 N–H and O–H groups in total. The number of hydrogen-bond donors (Lipinski definition) is 1. The van der Waals surface area contributed by atoms with Gasteiger partial charge in [-0.15, -0.1) is 0 Å². The number of aryl methyl sites for hydroxylation is 2. The lowest BCUT2D eigenvalue weighted by molar-refractivity contribution is -0.121. The monoisotopic (exact) mass is 351 g/mol. The third-order valence-corrected chi connectivity index (χ3v) is 4.90. The Morgan fingerprint density at radius 2 is 1.85 bits per heavy atom. The molecule has 1 atom stereocenters. The van der Waals surface area contributed by atoms with Gasteiger partial charge in [-0.1, -0.05) is 18.2 Å². The van der Waals surface area contributed by atoms with Crippen LogP contribution >= 0.6 is 0 Å². The molecule has 0 saturated carbocycles. The highest BCUT2D eigenvalue weighted by Crippen LogP contribution is 2.20. The van der Waals surface area contributed by atoms with E-state index in [1.54, 1.807) is 0 Å². The highest BCUT2D eigenvalue weighted by atomic mass is 16.1. The Balaban J connectivity index is 1.76. The summed E-state index contributed by atoms with van der Waals surface area (Å²) in [6, 6.07) is 9.88. The molecule has 0 unspecified atom stereocenters. The number of aromatic nitrogens is 4. The third kappa shape index (κ3) is 3.40. The maximum atomic E-state index is 12.6. The summed E-state index contributed by atoms with van der Waals surface area (Å²) in [5, 5.41) is 11.9. The minimum absolute atomic E-state index is 0.0143. The van der Waals surface area contributed by atoms with Crippen LogP contribution in [0.2, 0.25) is 0 Å². The number of rotatable bonds is 5. The smallest absolute Gasteiger partial charge is 0.225 e. The molecule has 6 heteroatoms. The van der Waals surface area contributed by atoms with Crippen LogP contribution in [-0.4, -0.2) is 25.5 Å². The molecule has 3 rings (SSSR count). The number of benzene rings is 1. The van der Waals surface area contributed by atoms with Crippen LogP contribution < -0.4 is 5.32 Å². The van der Waals surface area contributed by atoms with Gasteiger partial charge in [0, 0.05) is 29.6 Å². The average molecular weight is 351 g/mol. The van der Waals surface area contributed by atoms with E-state index in [2.05, 4.69) is 15.5 Å². The molecule has 3 aromatic rings. The Bertz CT molecular complexity index is 923. The summed E-state index contributed by atoms with van der Waals surface area (Å²) in [7, 11) is 1.90. The molecule has 0 radical (unpaired) electrons. The van der Waals surface area contributed by atoms with Crippen molar-refractivity contribution < 1.29 is 4.79 Å². The van der Waals surface area contributed by atoms with E-state index in [1.807, 2.05) is 80.6 Å². The van der Waals surface area contributed by atoms with E-state index in [4.69, 9.17) is 0 Å². The van der Waals surface area contributed by atoms with Crippen molar-refractivity contribution in [2.24, 2.45) is 7.05 Å². The summed E-state index contributed by atoms with van der Waals surface area (Å²) < 4.78 is 3.71. The number of para-hydroxylation sites is 1. The van der Waals surface area contributed by atoms with Gasteiger partial charge in [0.15, 0.2) is 0 Å². The molecule has 26 heavy (non-hydrogen) atoms. The minimum Gasteiger partial charge on any atom is -0.349 e. The fourth-order valence-electron chi connectivity index (χ4n) is 3.22. The number of hydrogen-bond acceptors (Lipinski definition) is 3. The Hall–Kier alpha value is -2.89. The predicted molar refractivity (Wildman–Crippen MR) is 101 cm³/mol. The second-order valence-electron chi connectivity index (χ2n) is 6.67. The molecule has 0 aliphatic heterocycles. The Labute approximate surface area is 153 Å². The van der Waals surface area contributed by atoms with Crippen LogP contribution in [0, 0.1) is 20.8 Å². The fourth-order valence-corrected chi connectivity index (χ4v) is 3.22. The predicted octanol–water partition coefficient (Wildman–Crippen LogP) is 2.95. The van der Waals surface area contributed by atoms with Crippen LogP contribution in [0.5, 0.6) is 0 Å². The molecular weight excluding hydrogens is 326 g/mol. The number of nitrogens with zero attached hydrogens (tertiary/aromatic N) is 4. The van der Waals surface area contributed by atoms with Crippen molar-refractivity contribution in [2.45, 2.75) is 40.2 Å². The lowest BCUT2D eigenvalue weighted by Crippen LogP contribution is -2.28. The number of amides is 1. The molecular formula is C20H25N5O. The zero-order valence-corrected chi connectivity index (χ0v) is 15.9. The van der Waals surface area contributed by atoms with Gasteiger partial charge in [-0.25, -0.2) is 4.68 Å². The Morgan fingerprint density at radius 1 is 1.15 bits per heavy atom. The topological polar surface area (TPSA) is 64.7 Å². The molecule has 1 amide bonds. The normalized spacial score (nSPS) is 12.2. The van der Waals surface area contributed by atoms with Crippen molar-refractivity contribution in [1.82, 2.24) is 24.9 Å². The Kier molecular flexibility index (Phi) is 4.93. The summed E-state index contributed by atoms with van der Waals surface area (Å²) in [6.45, 7) is 7.94. The van der Waals surface area contributed by atoms with E-state index in [-0.39, 0.29) is 11.9 Å². The zero-order chi connectivity index (χ0) is 18.8. The van der Waals surface area contributed by atoms with Crippen molar-refractivity contribution in [3.63, 3.8) is 0 Å². The number of carbonyl (C=O) groups is 1. The summed E-state index contributed by atoms with van der Waals surface area (Å²) in [6.07, 6.45) is 2.12. The van der Waals surface area contributed by atoms with Gasteiger partial charge in [0.05, 0.1) is 30.0 Å². The molecule has 0 saturated heterocycles. The van der Waals surface area contributed by atoms with Gasteiger partial charge in [0.25, 0.3) is 0 Å². The molecule has 2 heterocycles. The summed E-state index contributed by atoms with van der Waals surface area (Å²) in [4.78, 5) is 12.6. The van der Waals surface area contributed by atoms with Crippen molar-refractivity contribution in [3.05, 3.63) is 64.7 Å². The lowest BCUT2D eigenvalue weighted by atomic mass is 10.1. The number of carbonyl (C=O) groups excluding carboxylic acids is 1. The van der Waals surface area contributed by atoms with Gasteiger partial charge in [-0.2, -0.15) is 10.2 Å². The quantitative estimate of drug-likeness (QED) is 0.769. The molecule has 0 aliphatic rings. The third-order valence-electron chi connectivity index (χ3n) is 4.90. The van der Waals surface area contributed by atoms with E-state index < -0.39 is 0 Å². The van der Waals surface area contributed by atoms with Crippen molar-refractivity contribution >= 4 is 5.91 Å². The molecule has 0 bridgehead atoms.